The molecule has 0 aromatic heterocycles. The van der Waals surface area contributed by atoms with Crippen LogP contribution in [0.1, 0.15) is 43.0 Å². The molecule has 0 aliphatic heterocycles. The van der Waals surface area contributed by atoms with Gasteiger partial charge in [0.05, 0.1) is 5.56 Å². The molecule has 0 radical (unpaired) electrons. The van der Waals surface area contributed by atoms with Crippen molar-refractivity contribution >= 4 is 11.6 Å². The molecule has 1 amide bonds. The number of halogens is 1. The fourth-order valence-electron chi connectivity index (χ4n) is 2.41. The zero-order chi connectivity index (χ0) is 13.1. The number of amides is 1. The number of carbonyl (C=O) groups excluding carboxylic acids is 1. The first-order chi connectivity index (χ1) is 8.56. The van der Waals surface area contributed by atoms with E-state index in [1.165, 1.54) is 18.2 Å². The van der Waals surface area contributed by atoms with E-state index in [1.54, 1.807) is 0 Å². The molecule has 0 atom stereocenters. The lowest BCUT2D eigenvalue weighted by Gasteiger charge is -2.27. The van der Waals surface area contributed by atoms with E-state index in [1.807, 2.05) is 0 Å². The second kappa shape index (κ2) is 5.38. The van der Waals surface area contributed by atoms with E-state index in [9.17, 15) is 9.18 Å². The van der Waals surface area contributed by atoms with Gasteiger partial charge >= 0.3 is 0 Å². The van der Waals surface area contributed by atoms with Crippen molar-refractivity contribution in [1.29, 1.82) is 0 Å². The lowest BCUT2D eigenvalue weighted by molar-refractivity contribution is 0.0924. The summed E-state index contributed by atoms with van der Waals surface area (Å²) in [7, 11) is 0. The molecule has 3 N–H and O–H groups in total. The van der Waals surface area contributed by atoms with Gasteiger partial charge in [0.15, 0.2) is 0 Å². The van der Waals surface area contributed by atoms with Crippen LogP contribution < -0.4 is 11.1 Å². The molecule has 0 heterocycles. The monoisotopic (exact) mass is 250 g/mol. The Morgan fingerprint density at radius 3 is 2.61 bits per heavy atom. The summed E-state index contributed by atoms with van der Waals surface area (Å²) in [6.07, 6.45) is 4.30. The first-order valence-electron chi connectivity index (χ1n) is 6.42. The van der Waals surface area contributed by atoms with Crippen LogP contribution in [0.4, 0.5) is 10.1 Å². The molecule has 3 nitrogen and oxygen atoms in total. The molecule has 2 rings (SSSR count). The van der Waals surface area contributed by atoms with Crippen molar-refractivity contribution in [2.45, 2.75) is 38.6 Å². The summed E-state index contributed by atoms with van der Waals surface area (Å²) in [6, 6.07) is 4.09. The highest BCUT2D eigenvalue weighted by Gasteiger charge is 2.21. The molecule has 0 bridgehead atoms. The Bertz CT molecular complexity index is 439. The van der Waals surface area contributed by atoms with Crippen molar-refractivity contribution in [2.75, 3.05) is 5.73 Å². The number of nitrogen functional groups attached to an aromatic ring is 1. The van der Waals surface area contributed by atoms with Crippen molar-refractivity contribution < 1.29 is 9.18 Å². The normalized spacial score (nSPS) is 23.7. The molecule has 1 fully saturated rings. The minimum atomic E-state index is -0.421. The summed E-state index contributed by atoms with van der Waals surface area (Å²) in [5, 5.41) is 2.97. The third kappa shape index (κ3) is 3.00. The maximum absolute atomic E-state index is 12.9. The summed E-state index contributed by atoms with van der Waals surface area (Å²) < 4.78 is 12.9. The molecule has 0 unspecified atom stereocenters. The number of benzene rings is 1. The van der Waals surface area contributed by atoms with Crippen LogP contribution in [-0.2, 0) is 0 Å². The van der Waals surface area contributed by atoms with Gasteiger partial charge in [0, 0.05) is 11.7 Å². The van der Waals surface area contributed by atoms with Crippen molar-refractivity contribution in [3.8, 4) is 0 Å². The molecule has 0 saturated heterocycles. The number of anilines is 1. The second-order valence-electron chi connectivity index (χ2n) is 5.16. The van der Waals surface area contributed by atoms with Gasteiger partial charge in [-0.1, -0.05) is 6.92 Å². The Morgan fingerprint density at radius 2 is 2.00 bits per heavy atom. The van der Waals surface area contributed by atoms with Gasteiger partial charge in [-0.3, -0.25) is 4.79 Å². The van der Waals surface area contributed by atoms with Crippen LogP contribution in [0.15, 0.2) is 18.2 Å². The van der Waals surface area contributed by atoms with E-state index in [4.69, 9.17) is 5.73 Å². The molecule has 1 aliphatic carbocycles. The van der Waals surface area contributed by atoms with Crippen LogP contribution >= 0.6 is 0 Å². The SMILES string of the molecule is CC1CCC(NC(=O)c2ccc(F)cc2N)CC1. The predicted octanol–water partition coefficient (Wildman–Crippen LogP) is 2.72. The number of carbonyl (C=O) groups is 1. The zero-order valence-corrected chi connectivity index (χ0v) is 10.6. The van der Waals surface area contributed by atoms with E-state index >= 15 is 0 Å². The first-order valence-corrected chi connectivity index (χ1v) is 6.42. The summed E-state index contributed by atoms with van der Waals surface area (Å²) in [4.78, 5) is 12.0. The van der Waals surface area contributed by atoms with Crippen LogP contribution in [-0.4, -0.2) is 11.9 Å². The highest BCUT2D eigenvalue weighted by Crippen LogP contribution is 2.24. The van der Waals surface area contributed by atoms with Crippen molar-refractivity contribution in [3.63, 3.8) is 0 Å². The number of rotatable bonds is 2. The van der Waals surface area contributed by atoms with E-state index < -0.39 is 5.82 Å². The number of hydrogen-bond donors (Lipinski definition) is 2. The van der Waals surface area contributed by atoms with Crippen molar-refractivity contribution in [1.82, 2.24) is 5.32 Å². The molecular formula is C14H19FN2O. The maximum atomic E-state index is 12.9. The van der Waals surface area contributed by atoms with E-state index in [0.717, 1.165) is 31.6 Å². The lowest BCUT2D eigenvalue weighted by Crippen LogP contribution is -2.37. The second-order valence-corrected chi connectivity index (χ2v) is 5.16. The largest absolute Gasteiger partial charge is 0.398 e. The summed E-state index contributed by atoms with van der Waals surface area (Å²) in [5.41, 5.74) is 6.20. The molecule has 1 saturated carbocycles. The number of nitrogens with one attached hydrogen (secondary N) is 1. The smallest absolute Gasteiger partial charge is 0.253 e. The van der Waals surface area contributed by atoms with Crippen LogP contribution in [0.3, 0.4) is 0 Å². The topological polar surface area (TPSA) is 55.1 Å². The van der Waals surface area contributed by atoms with Gasteiger partial charge in [-0.15, -0.1) is 0 Å². The van der Waals surface area contributed by atoms with Crippen LogP contribution in [0, 0.1) is 11.7 Å². The van der Waals surface area contributed by atoms with E-state index in [0.29, 0.717) is 5.56 Å². The van der Waals surface area contributed by atoms with Gasteiger partial charge in [0.25, 0.3) is 5.91 Å². The van der Waals surface area contributed by atoms with Gasteiger partial charge in [-0.05, 0) is 49.8 Å². The number of nitrogens with two attached hydrogens (primary N) is 1. The number of hydrogen-bond acceptors (Lipinski definition) is 2. The summed E-state index contributed by atoms with van der Waals surface area (Å²) in [6.45, 7) is 2.23. The average molecular weight is 250 g/mol. The minimum Gasteiger partial charge on any atom is -0.398 e. The molecule has 4 heteroatoms. The molecule has 1 aromatic carbocycles. The Kier molecular flexibility index (Phi) is 3.84. The highest BCUT2D eigenvalue weighted by molar-refractivity contribution is 5.99. The Hall–Kier alpha value is -1.58. The molecule has 1 aliphatic rings. The zero-order valence-electron chi connectivity index (χ0n) is 10.6. The predicted molar refractivity (Wildman–Crippen MR) is 69.7 cm³/mol. The van der Waals surface area contributed by atoms with Crippen molar-refractivity contribution in [2.24, 2.45) is 5.92 Å². The van der Waals surface area contributed by atoms with Crippen LogP contribution in [0.25, 0.3) is 0 Å². The van der Waals surface area contributed by atoms with E-state index in [2.05, 4.69) is 12.2 Å². The molecule has 98 valence electrons. The van der Waals surface area contributed by atoms with Crippen LogP contribution in [0.5, 0.6) is 0 Å². The summed E-state index contributed by atoms with van der Waals surface area (Å²) in [5.74, 6) is 0.122. The van der Waals surface area contributed by atoms with Gasteiger partial charge in [-0.25, -0.2) is 4.39 Å². The average Bonchev–Trinajstić information content (AvgIpc) is 2.32. The van der Waals surface area contributed by atoms with Crippen molar-refractivity contribution in [3.05, 3.63) is 29.6 Å². The Labute approximate surface area is 107 Å². The van der Waals surface area contributed by atoms with Gasteiger partial charge < -0.3 is 11.1 Å². The molecular weight excluding hydrogens is 231 g/mol. The molecule has 18 heavy (non-hydrogen) atoms. The van der Waals surface area contributed by atoms with Gasteiger partial charge in [0.2, 0.25) is 0 Å². The standard InChI is InChI=1S/C14H19FN2O/c1-9-2-5-11(6-3-9)17-14(18)12-7-4-10(15)8-13(12)16/h4,7-9,11H,2-3,5-6,16H2,1H3,(H,17,18). The van der Waals surface area contributed by atoms with Crippen LogP contribution in [0.2, 0.25) is 0 Å². The lowest BCUT2D eigenvalue weighted by atomic mass is 9.87. The quantitative estimate of drug-likeness (QED) is 0.793. The van der Waals surface area contributed by atoms with Gasteiger partial charge in [0.1, 0.15) is 5.82 Å². The Balaban J connectivity index is 1.99. The fourth-order valence-corrected chi connectivity index (χ4v) is 2.41. The minimum absolute atomic E-state index is 0.191. The maximum Gasteiger partial charge on any atom is 0.253 e. The van der Waals surface area contributed by atoms with Gasteiger partial charge in [-0.2, -0.15) is 0 Å². The first kappa shape index (κ1) is 12.9. The third-order valence-corrected chi connectivity index (χ3v) is 3.61. The summed E-state index contributed by atoms with van der Waals surface area (Å²) >= 11 is 0. The fraction of sp³-hybridized carbons (Fsp3) is 0.500. The Morgan fingerprint density at radius 1 is 1.33 bits per heavy atom. The molecule has 0 spiro atoms. The van der Waals surface area contributed by atoms with E-state index in [-0.39, 0.29) is 17.6 Å². The third-order valence-electron chi connectivity index (χ3n) is 3.61. The molecule has 1 aromatic rings. The highest BCUT2D eigenvalue weighted by atomic mass is 19.1.